The summed E-state index contributed by atoms with van der Waals surface area (Å²) < 4.78 is 25.6. The van der Waals surface area contributed by atoms with Gasteiger partial charge in [-0.15, -0.1) is 0 Å². The summed E-state index contributed by atoms with van der Waals surface area (Å²) in [5.41, 5.74) is 5.55. The molecule has 32 heavy (non-hydrogen) atoms. The molecule has 1 unspecified atom stereocenters. The molecular weight excluding hydrogens is 414 g/mol. The Hall–Kier alpha value is -3.57. The van der Waals surface area contributed by atoms with Gasteiger partial charge in [-0.05, 0) is 35.7 Å². The molecule has 3 aromatic rings. The molecule has 0 saturated heterocycles. The number of carbonyl (C=O) groups excluding carboxylic acids is 1. The fourth-order valence-corrected chi connectivity index (χ4v) is 4.17. The number of carbonyl (C=O) groups is 1. The number of amides is 1. The van der Waals surface area contributed by atoms with Gasteiger partial charge in [-0.3, -0.25) is 9.89 Å². The van der Waals surface area contributed by atoms with E-state index in [1.807, 2.05) is 23.1 Å². The summed E-state index contributed by atoms with van der Waals surface area (Å²) in [6, 6.07) is 11.7. The first-order chi connectivity index (χ1) is 15.4. The molecule has 2 aromatic carbocycles. The van der Waals surface area contributed by atoms with Gasteiger partial charge in [0.1, 0.15) is 11.6 Å². The van der Waals surface area contributed by atoms with E-state index >= 15 is 0 Å². The number of fused-ring (bicyclic) bond motifs is 2. The zero-order valence-electron chi connectivity index (χ0n) is 17.5. The van der Waals surface area contributed by atoms with Crippen molar-refractivity contribution in [2.75, 3.05) is 6.54 Å². The third-order valence-electron chi connectivity index (χ3n) is 5.79. The number of aromatic amines is 1. The van der Waals surface area contributed by atoms with Crippen molar-refractivity contribution in [3.8, 4) is 17.3 Å². The van der Waals surface area contributed by atoms with Crippen LogP contribution in [0.15, 0.2) is 36.4 Å². The van der Waals surface area contributed by atoms with Crippen LogP contribution in [0.3, 0.4) is 0 Å². The number of aromatic nitrogens is 2. The van der Waals surface area contributed by atoms with E-state index in [9.17, 15) is 18.7 Å². The van der Waals surface area contributed by atoms with Gasteiger partial charge in [-0.25, -0.2) is 8.78 Å². The van der Waals surface area contributed by atoms with Crippen LogP contribution in [0.25, 0.3) is 11.3 Å². The van der Waals surface area contributed by atoms with Crippen LogP contribution < -0.4 is 0 Å². The third-order valence-corrected chi connectivity index (χ3v) is 5.79. The lowest BCUT2D eigenvalue weighted by atomic mass is 10.00. The first-order valence-corrected chi connectivity index (χ1v) is 10.3. The average Bonchev–Trinajstić information content (AvgIpc) is 3.36. The highest BCUT2D eigenvalue weighted by atomic mass is 19.1. The van der Waals surface area contributed by atoms with Crippen molar-refractivity contribution in [2.24, 2.45) is 0 Å². The maximum Gasteiger partial charge on any atom is 0.219 e. The van der Waals surface area contributed by atoms with Crippen molar-refractivity contribution in [1.29, 1.82) is 5.26 Å². The quantitative estimate of drug-likeness (QED) is 0.612. The van der Waals surface area contributed by atoms with Crippen molar-refractivity contribution in [3.05, 3.63) is 76.0 Å². The number of H-pyrrole nitrogens is 1. The van der Waals surface area contributed by atoms with Crippen molar-refractivity contribution in [3.63, 3.8) is 0 Å². The third kappa shape index (κ3) is 4.39. The Morgan fingerprint density at radius 3 is 2.81 bits per heavy atom. The molecule has 5 rings (SSSR count). The summed E-state index contributed by atoms with van der Waals surface area (Å²) in [7, 11) is 0. The van der Waals surface area contributed by atoms with Crippen molar-refractivity contribution < 1.29 is 18.7 Å². The SMILES string of the molecule is CC(=O)N1CCc2[nH]nc(-c3cccc(C#N)c3)c2C1.OC1Cc2cc(F)cc(F)c2C1. The van der Waals surface area contributed by atoms with E-state index in [1.54, 1.807) is 13.0 Å². The Morgan fingerprint density at radius 1 is 1.25 bits per heavy atom. The van der Waals surface area contributed by atoms with Crippen molar-refractivity contribution >= 4 is 5.91 Å². The van der Waals surface area contributed by atoms with Gasteiger partial charge < -0.3 is 10.0 Å². The molecule has 6 nitrogen and oxygen atoms in total. The number of halogens is 2. The van der Waals surface area contributed by atoms with Crippen LogP contribution >= 0.6 is 0 Å². The molecule has 2 aliphatic rings. The van der Waals surface area contributed by atoms with Crippen molar-refractivity contribution in [1.82, 2.24) is 15.1 Å². The van der Waals surface area contributed by atoms with Crippen LogP contribution in [0.4, 0.5) is 8.78 Å². The monoisotopic (exact) mass is 436 g/mol. The minimum atomic E-state index is -0.569. The van der Waals surface area contributed by atoms with E-state index in [-0.39, 0.29) is 5.91 Å². The summed E-state index contributed by atoms with van der Waals surface area (Å²) in [5.74, 6) is -1.03. The first-order valence-electron chi connectivity index (χ1n) is 10.3. The lowest BCUT2D eigenvalue weighted by molar-refractivity contribution is -0.129. The fraction of sp³-hybridized carbons (Fsp3) is 0.292. The van der Waals surface area contributed by atoms with Crippen LogP contribution in [0.5, 0.6) is 0 Å². The summed E-state index contributed by atoms with van der Waals surface area (Å²) in [5, 5.41) is 25.6. The molecule has 0 radical (unpaired) electrons. The summed E-state index contributed by atoms with van der Waals surface area (Å²) in [4.78, 5) is 13.3. The van der Waals surface area contributed by atoms with Crippen LogP contribution in [-0.4, -0.2) is 38.8 Å². The topological polar surface area (TPSA) is 93.0 Å². The van der Waals surface area contributed by atoms with Gasteiger partial charge in [0.15, 0.2) is 0 Å². The molecule has 164 valence electrons. The maximum atomic E-state index is 13.0. The van der Waals surface area contributed by atoms with Crippen LogP contribution in [0.1, 0.15) is 34.9 Å². The average molecular weight is 436 g/mol. The van der Waals surface area contributed by atoms with Gasteiger partial charge in [0.25, 0.3) is 0 Å². The van der Waals surface area contributed by atoms with Gasteiger partial charge in [0, 0.05) is 55.7 Å². The van der Waals surface area contributed by atoms with Crippen LogP contribution in [0.2, 0.25) is 0 Å². The van der Waals surface area contributed by atoms with E-state index in [2.05, 4.69) is 16.3 Å². The van der Waals surface area contributed by atoms with Crippen molar-refractivity contribution in [2.45, 2.75) is 38.8 Å². The summed E-state index contributed by atoms with van der Waals surface area (Å²) in [6.07, 6.45) is 0.919. The van der Waals surface area contributed by atoms with Gasteiger partial charge in [0.05, 0.1) is 23.4 Å². The number of aliphatic hydroxyl groups is 1. The molecule has 0 saturated carbocycles. The predicted octanol–water partition coefficient (Wildman–Crippen LogP) is 3.28. The second kappa shape index (κ2) is 8.89. The van der Waals surface area contributed by atoms with E-state index in [1.165, 1.54) is 6.07 Å². The second-order valence-corrected chi connectivity index (χ2v) is 8.00. The number of rotatable bonds is 1. The molecule has 1 aliphatic carbocycles. The molecule has 0 bridgehead atoms. The smallest absolute Gasteiger partial charge is 0.219 e. The van der Waals surface area contributed by atoms with Crippen LogP contribution in [0, 0.1) is 23.0 Å². The van der Waals surface area contributed by atoms with Gasteiger partial charge in [0.2, 0.25) is 5.91 Å². The highest BCUT2D eigenvalue weighted by Crippen LogP contribution is 2.29. The highest BCUT2D eigenvalue weighted by Gasteiger charge is 2.24. The lowest BCUT2D eigenvalue weighted by Crippen LogP contribution is -2.34. The van der Waals surface area contributed by atoms with Gasteiger partial charge >= 0.3 is 0 Å². The summed E-state index contributed by atoms with van der Waals surface area (Å²) in [6.45, 7) is 2.89. The van der Waals surface area contributed by atoms with E-state index in [0.717, 1.165) is 41.5 Å². The number of benzene rings is 2. The van der Waals surface area contributed by atoms with Crippen LogP contribution in [-0.2, 0) is 30.6 Å². The van der Waals surface area contributed by atoms with E-state index < -0.39 is 17.7 Å². The largest absolute Gasteiger partial charge is 0.392 e. The molecule has 2 N–H and O–H groups in total. The summed E-state index contributed by atoms with van der Waals surface area (Å²) >= 11 is 0. The Labute approximate surface area is 184 Å². The minimum Gasteiger partial charge on any atom is -0.392 e. The molecule has 8 heteroatoms. The normalized spacial score (nSPS) is 16.5. The van der Waals surface area contributed by atoms with E-state index in [4.69, 9.17) is 5.26 Å². The molecule has 1 aromatic heterocycles. The Morgan fingerprint density at radius 2 is 2.06 bits per heavy atom. The Balaban J connectivity index is 0.000000174. The zero-order chi connectivity index (χ0) is 22.8. The lowest BCUT2D eigenvalue weighted by Gasteiger charge is -2.25. The minimum absolute atomic E-state index is 0.0774. The maximum absolute atomic E-state index is 13.0. The van der Waals surface area contributed by atoms with Gasteiger partial charge in [-0.1, -0.05) is 12.1 Å². The second-order valence-electron chi connectivity index (χ2n) is 8.00. The zero-order valence-corrected chi connectivity index (χ0v) is 17.5. The number of hydrogen-bond donors (Lipinski definition) is 2. The first kappa shape index (κ1) is 21.7. The van der Waals surface area contributed by atoms with E-state index in [0.29, 0.717) is 36.1 Å². The number of nitrogens with zero attached hydrogens (tertiary/aromatic N) is 3. The number of nitrogens with one attached hydrogen (secondary N) is 1. The molecule has 0 fully saturated rings. The molecule has 2 heterocycles. The number of hydrogen-bond acceptors (Lipinski definition) is 4. The standard InChI is InChI=1S/C15H14N4O.C9H8F2O/c1-10(20)19-6-5-14-13(9-19)15(18-17-14)12-4-2-3-11(7-12)8-16;10-6-1-5-2-7(12)4-8(5)9(11)3-6/h2-4,7H,5-6,9H2,1H3,(H,17,18);1,3,7,12H,2,4H2. The molecular formula is C24H22F2N4O2. The van der Waals surface area contributed by atoms with Gasteiger partial charge in [-0.2, -0.15) is 10.4 Å². The molecule has 1 aliphatic heterocycles. The molecule has 1 amide bonds. The molecule has 1 atom stereocenters. The number of aliphatic hydroxyl groups excluding tert-OH is 1. The predicted molar refractivity (Wildman–Crippen MR) is 113 cm³/mol. The Bertz CT molecular complexity index is 1220. The fourth-order valence-electron chi connectivity index (χ4n) is 4.17. The molecule has 0 spiro atoms. The Kier molecular flexibility index (Phi) is 6.01. The highest BCUT2D eigenvalue weighted by molar-refractivity contribution is 5.74. The number of nitriles is 1.